The van der Waals surface area contributed by atoms with Crippen molar-refractivity contribution in [1.82, 2.24) is 0 Å². The standard InChI is InChI=1S/C21H13ClF5NO3S/c22-18-11-20-19(10-17(18)12-6-14(23)9-15(24)7-12)28(4-5-31-20)32(29,30)16-3-1-2-13(8-16)21(25,26)27/h1-3,6-11H,4-5H2. The first-order chi connectivity index (χ1) is 15.0. The molecule has 3 aromatic carbocycles. The van der Waals surface area contributed by atoms with E-state index in [0.717, 1.165) is 34.6 Å². The fraction of sp³-hybridized carbons (Fsp3) is 0.143. The molecule has 0 aliphatic carbocycles. The third kappa shape index (κ3) is 4.12. The van der Waals surface area contributed by atoms with Gasteiger partial charge < -0.3 is 4.74 Å². The van der Waals surface area contributed by atoms with Gasteiger partial charge in [0, 0.05) is 17.7 Å². The van der Waals surface area contributed by atoms with E-state index in [-0.39, 0.29) is 40.7 Å². The van der Waals surface area contributed by atoms with Crippen molar-refractivity contribution in [3.05, 3.63) is 76.8 Å². The van der Waals surface area contributed by atoms with Crippen molar-refractivity contribution in [2.45, 2.75) is 11.1 Å². The fourth-order valence-electron chi connectivity index (χ4n) is 3.35. The van der Waals surface area contributed by atoms with E-state index < -0.39 is 38.3 Å². The highest BCUT2D eigenvalue weighted by Crippen LogP contribution is 2.43. The van der Waals surface area contributed by atoms with Gasteiger partial charge in [-0.05, 0) is 42.0 Å². The number of ether oxygens (including phenoxy) is 1. The second kappa shape index (κ2) is 7.93. The van der Waals surface area contributed by atoms with Crippen molar-refractivity contribution in [3.63, 3.8) is 0 Å². The van der Waals surface area contributed by atoms with Crippen molar-refractivity contribution in [2.75, 3.05) is 17.5 Å². The Kier molecular flexibility index (Phi) is 5.54. The molecule has 0 radical (unpaired) electrons. The third-order valence-electron chi connectivity index (χ3n) is 4.79. The summed E-state index contributed by atoms with van der Waals surface area (Å²) in [6.45, 7) is -0.264. The SMILES string of the molecule is O=S(=O)(c1cccc(C(F)(F)F)c1)N1CCOc2cc(Cl)c(-c3cc(F)cc(F)c3)cc21. The lowest BCUT2D eigenvalue weighted by atomic mass is 10.0. The van der Waals surface area contributed by atoms with Gasteiger partial charge in [-0.25, -0.2) is 17.2 Å². The highest BCUT2D eigenvalue weighted by Gasteiger charge is 2.35. The lowest BCUT2D eigenvalue weighted by Crippen LogP contribution is -2.38. The molecule has 0 spiro atoms. The summed E-state index contributed by atoms with van der Waals surface area (Å²) >= 11 is 6.23. The molecular formula is C21H13ClF5NO3S. The summed E-state index contributed by atoms with van der Waals surface area (Å²) in [7, 11) is -4.42. The zero-order valence-electron chi connectivity index (χ0n) is 16.0. The minimum atomic E-state index is -4.73. The number of hydrogen-bond acceptors (Lipinski definition) is 3. The Bertz CT molecular complexity index is 1290. The van der Waals surface area contributed by atoms with Gasteiger partial charge in [0.05, 0.1) is 27.7 Å². The maximum absolute atomic E-state index is 13.7. The molecule has 1 aliphatic heterocycles. The van der Waals surface area contributed by atoms with Crippen LogP contribution in [0.25, 0.3) is 11.1 Å². The summed E-state index contributed by atoms with van der Waals surface area (Å²) in [6, 6.07) is 8.64. The highest BCUT2D eigenvalue weighted by atomic mass is 35.5. The molecule has 0 saturated heterocycles. The molecule has 32 heavy (non-hydrogen) atoms. The molecule has 4 rings (SSSR count). The van der Waals surface area contributed by atoms with Crippen LogP contribution >= 0.6 is 11.6 Å². The maximum Gasteiger partial charge on any atom is 0.416 e. The Morgan fingerprint density at radius 3 is 2.31 bits per heavy atom. The summed E-state index contributed by atoms with van der Waals surface area (Å²) in [5, 5.41) is 0.0482. The Hall–Kier alpha value is -2.85. The number of halogens is 6. The van der Waals surface area contributed by atoms with Gasteiger partial charge in [-0.3, -0.25) is 4.31 Å². The molecule has 168 valence electrons. The molecule has 3 aromatic rings. The molecule has 1 aliphatic rings. The monoisotopic (exact) mass is 489 g/mol. The van der Waals surface area contributed by atoms with Gasteiger partial charge in [-0.15, -0.1) is 0 Å². The van der Waals surface area contributed by atoms with Crippen LogP contribution in [0.15, 0.2) is 59.5 Å². The van der Waals surface area contributed by atoms with Crippen LogP contribution in [-0.2, 0) is 16.2 Å². The molecule has 1 heterocycles. The van der Waals surface area contributed by atoms with Gasteiger partial charge in [0.15, 0.2) is 0 Å². The molecule has 0 atom stereocenters. The molecule has 0 amide bonds. The Labute approximate surface area is 184 Å². The largest absolute Gasteiger partial charge is 0.489 e. The van der Waals surface area contributed by atoms with E-state index in [0.29, 0.717) is 12.1 Å². The fourth-order valence-corrected chi connectivity index (χ4v) is 5.11. The normalized spacial score (nSPS) is 14.1. The smallest absolute Gasteiger partial charge is 0.416 e. The molecule has 0 saturated carbocycles. The molecule has 4 nitrogen and oxygen atoms in total. The maximum atomic E-state index is 13.7. The van der Waals surface area contributed by atoms with Crippen molar-refractivity contribution in [2.24, 2.45) is 0 Å². The van der Waals surface area contributed by atoms with E-state index in [1.54, 1.807) is 0 Å². The Morgan fingerprint density at radius 1 is 0.969 bits per heavy atom. The van der Waals surface area contributed by atoms with Gasteiger partial charge in [0.1, 0.15) is 24.0 Å². The lowest BCUT2D eigenvalue weighted by Gasteiger charge is -2.31. The van der Waals surface area contributed by atoms with Crippen LogP contribution in [0.1, 0.15) is 5.56 Å². The van der Waals surface area contributed by atoms with E-state index in [2.05, 4.69) is 0 Å². The van der Waals surface area contributed by atoms with Crippen LogP contribution in [0.3, 0.4) is 0 Å². The number of sulfonamides is 1. The van der Waals surface area contributed by atoms with E-state index in [1.807, 2.05) is 0 Å². The Balaban J connectivity index is 1.84. The first-order valence-corrected chi connectivity index (χ1v) is 10.9. The zero-order chi connectivity index (χ0) is 23.3. The van der Waals surface area contributed by atoms with Crippen LogP contribution in [0, 0.1) is 11.6 Å². The van der Waals surface area contributed by atoms with Crippen LogP contribution < -0.4 is 9.04 Å². The van der Waals surface area contributed by atoms with Crippen molar-refractivity contribution >= 4 is 27.3 Å². The molecule has 0 N–H and O–H groups in total. The van der Waals surface area contributed by atoms with E-state index in [9.17, 15) is 30.4 Å². The predicted molar refractivity (Wildman–Crippen MR) is 108 cm³/mol. The van der Waals surface area contributed by atoms with E-state index in [4.69, 9.17) is 16.3 Å². The van der Waals surface area contributed by atoms with E-state index in [1.165, 1.54) is 12.1 Å². The second-order valence-corrected chi connectivity index (χ2v) is 9.18. The summed E-state index contributed by atoms with van der Waals surface area (Å²) in [5.74, 6) is -1.66. The Morgan fingerprint density at radius 2 is 1.66 bits per heavy atom. The number of nitrogens with zero attached hydrogens (tertiary/aromatic N) is 1. The first kappa shape index (κ1) is 22.3. The van der Waals surface area contributed by atoms with Crippen molar-refractivity contribution in [1.29, 1.82) is 0 Å². The van der Waals surface area contributed by atoms with Gasteiger partial charge in [0.2, 0.25) is 0 Å². The van der Waals surface area contributed by atoms with E-state index >= 15 is 0 Å². The quantitative estimate of drug-likeness (QED) is 0.431. The summed E-state index contributed by atoms with van der Waals surface area (Å²) in [6.07, 6.45) is -4.73. The molecule has 0 bridgehead atoms. The number of hydrogen-bond donors (Lipinski definition) is 0. The van der Waals surface area contributed by atoms with Crippen LogP contribution in [-0.4, -0.2) is 21.6 Å². The number of rotatable bonds is 3. The topological polar surface area (TPSA) is 46.6 Å². The van der Waals surface area contributed by atoms with Gasteiger partial charge >= 0.3 is 6.18 Å². The van der Waals surface area contributed by atoms with Gasteiger partial charge in [0.25, 0.3) is 10.0 Å². The first-order valence-electron chi connectivity index (χ1n) is 9.09. The average Bonchev–Trinajstić information content (AvgIpc) is 2.71. The van der Waals surface area contributed by atoms with Crippen molar-refractivity contribution in [3.8, 4) is 16.9 Å². The number of fused-ring (bicyclic) bond motifs is 1. The molecule has 0 fully saturated rings. The molecule has 11 heteroatoms. The third-order valence-corrected chi connectivity index (χ3v) is 6.91. The highest BCUT2D eigenvalue weighted by molar-refractivity contribution is 7.92. The molecule has 0 unspecified atom stereocenters. The minimum Gasteiger partial charge on any atom is -0.489 e. The summed E-state index contributed by atoms with van der Waals surface area (Å²) in [4.78, 5) is -0.562. The molecular weight excluding hydrogens is 477 g/mol. The second-order valence-electron chi connectivity index (χ2n) is 6.91. The number of alkyl halides is 3. The number of anilines is 1. The van der Waals surface area contributed by atoms with Crippen LogP contribution in [0.4, 0.5) is 27.6 Å². The average molecular weight is 490 g/mol. The van der Waals surface area contributed by atoms with Crippen LogP contribution in [0.5, 0.6) is 5.75 Å². The zero-order valence-corrected chi connectivity index (χ0v) is 17.5. The van der Waals surface area contributed by atoms with Crippen LogP contribution in [0.2, 0.25) is 5.02 Å². The lowest BCUT2D eigenvalue weighted by molar-refractivity contribution is -0.137. The minimum absolute atomic E-state index is 0.0160. The molecule has 0 aromatic heterocycles. The van der Waals surface area contributed by atoms with Gasteiger partial charge in [-0.1, -0.05) is 17.7 Å². The summed E-state index contributed by atoms with van der Waals surface area (Å²) in [5.41, 5.74) is -0.951. The summed E-state index contributed by atoms with van der Waals surface area (Å²) < 4.78 is 99.4. The van der Waals surface area contributed by atoms with Crippen molar-refractivity contribution < 1.29 is 35.1 Å². The van der Waals surface area contributed by atoms with Gasteiger partial charge in [-0.2, -0.15) is 13.2 Å². The predicted octanol–water partition coefficient (Wildman–Crippen LogP) is 5.89. The number of benzene rings is 3.